The fraction of sp³-hybridized carbons (Fsp3) is 0.958. The Hall–Kier alpha value is -0.780. The quantitative estimate of drug-likeness (QED) is 0.0925. The summed E-state index contributed by atoms with van der Waals surface area (Å²) in [4.78, 5) is 12.0. The van der Waals surface area contributed by atoms with Gasteiger partial charge in [0.2, 0.25) is 0 Å². The summed E-state index contributed by atoms with van der Waals surface area (Å²) in [6.07, 6.45) is 16.4. The molecule has 0 bridgehead atoms. The second-order valence-corrected chi connectivity index (χ2v) is 9.99. The number of hydrogen-bond donors (Lipinski definition) is 3. The summed E-state index contributed by atoms with van der Waals surface area (Å²) in [7, 11) is -4.68. The molecule has 10 heteroatoms. The summed E-state index contributed by atoms with van der Waals surface area (Å²) in [5.41, 5.74) is 0. The second kappa shape index (κ2) is 22.7. The molecule has 2 atom stereocenters. The van der Waals surface area contributed by atoms with Crippen LogP contribution in [0.5, 0.6) is 0 Å². The van der Waals surface area contributed by atoms with Crippen LogP contribution in [0.3, 0.4) is 0 Å². The van der Waals surface area contributed by atoms with Crippen LogP contribution in [0, 0.1) is 0 Å². The lowest BCUT2D eigenvalue weighted by Crippen LogP contribution is -2.31. The molecule has 0 saturated carbocycles. The van der Waals surface area contributed by atoms with Gasteiger partial charge >= 0.3 is 16.4 Å². The summed E-state index contributed by atoms with van der Waals surface area (Å²) in [5, 5.41) is 18.0. The third-order valence-electron chi connectivity index (χ3n) is 5.51. The van der Waals surface area contributed by atoms with Crippen LogP contribution in [0.15, 0.2) is 0 Å². The summed E-state index contributed by atoms with van der Waals surface area (Å²) in [6, 6.07) is 0. The Morgan fingerprint density at radius 2 is 1.24 bits per heavy atom. The van der Waals surface area contributed by atoms with E-state index in [1.807, 2.05) is 0 Å². The highest BCUT2D eigenvalue weighted by atomic mass is 32.3. The van der Waals surface area contributed by atoms with Gasteiger partial charge in [-0.15, -0.1) is 0 Å². The van der Waals surface area contributed by atoms with Crippen LogP contribution in [0.1, 0.15) is 110 Å². The van der Waals surface area contributed by atoms with Gasteiger partial charge in [0.15, 0.2) is 0 Å². The molecule has 0 rings (SSSR count). The molecule has 9 nitrogen and oxygen atoms in total. The number of rotatable bonds is 25. The Balaban J connectivity index is 3.77. The van der Waals surface area contributed by atoms with Crippen LogP contribution < -0.4 is 0 Å². The zero-order valence-corrected chi connectivity index (χ0v) is 21.8. The van der Waals surface area contributed by atoms with Crippen LogP contribution in [0.4, 0.5) is 0 Å². The van der Waals surface area contributed by atoms with E-state index >= 15 is 0 Å². The number of carbonyl (C=O) groups excluding carboxylic acids is 1. The first-order valence-corrected chi connectivity index (χ1v) is 14.3. The molecular weight excluding hydrogens is 464 g/mol. The van der Waals surface area contributed by atoms with E-state index in [1.165, 1.54) is 70.6 Å². The minimum Gasteiger partial charge on any atom is -0.457 e. The number of carbonyl (C=O) groups is 1. The molecule has 0 amide bonds. The first kappa shape index (κ1) is 33.2. The maximum atomic E-state index is 12.0. The largest absolute Gasteiger partial charge is 0.457 e. The van der Waals surface area contributed by atoms with Crippen LogP contribution in [0.2, 0.25) is 0 Å². The molecule has 0 radical (unpaired) electrons. The highest BCUT2D eigenvalue weighted by Gasteiger charge is 2.19. The SMILES string of the molecule is CCCCCCCCCCCCCCCCCC(=O)OC(COCC(O)CO)COS(=O)(=O)O. The van der Waals surface area contributed by atoms with Gasteiger partial charge in [0.1, 0.15) is 18.8 Å². The van der Waals surface area contributed by atoms with Gasteiger partial charge in [-0.25, -0.2) is 4.18 Å². The molecule has 0 aliphatic carbocycles. The van der Waals surface area contributed by atoms with E-state index in [0.29, 0.717) is 6.42 Å². The van der Waals surface area contributed by atoms with Gasteiger partial charge in [-0.1, -0.05) is 96.8 Å². The number of hydrogen-bond acceptors (Lipinski definition) is 8. The van der Waals surface area contributed by atoms with E-state index in [0.717, 1.165) is 19.3 Å². The molecule has 0 spiro atoms. The second-order valence-electron chi connectivity index (χ2n) is 8.90. The first-order valence-electron chi connectivity index (χ1n) is 13.0. The summed E-state index contributed by atoms with van der Waals surface area (Å²) >= 11 is 0. The molecule has 0 aromatic carbocycles. The predicted octanol–water partition coefficient (Wildman–Crippen LogP) is 4.35. The van der Waals surface area contributed by atoms with Crippen molar-refractivity contribution in [3.8, 4) is 0 Å². The molecule has 0 aliphatic heterocycles. The Morgan fingerprint density at radius 3 is 1.68 bits per heavy atom. The molecule has 0 aromatic heterocycles. The lowest BCUT2D eigenvalue weighted by atomic mass is 10.0. The van der Waals surface area contributed by atoms with Crippen LogP contribution in [-0.4, -0.2) is 67.8 Å². The molecular formula is C24H48O9S. The van der Waals surface area contributed by atoms with Gasteiger partial charge < -0.3 is 19.7 Å². The van der Waals surface area contributed by atoms with Gasteiger partial charge in [0.05, 0.1) is 19.8 Å². The van der Waals surface area contributed by atoms with E-state index in [4.69, 9.17) is 19.1 Å². The molecule has 34 heavy (non-hydrogen) atoms. The average Bonchev–Trinajstić information content (AvgIpc) is 2.79. The fourth-order valence-corrected chi connectivity index (χ4v) is 3.88. The number of aliphatic hydroxyl groups is 2. The van der Waals surface area contributed by atoms with E-state index in [1.54, 1.807) is 0 Å². The Kier molecular flexibility index (Phi) is 22.1. The minimum absolute atomic E-state index is 0.194. The average molecular weight is 513 g/mol. The zero-order valence-electron chi connectivity index (χ0n) is 21.0. The summed E-state index contributed by atoms with van der Waals surface area (Å²) in [5.74, 6) is -0.509. The predicted molar refractivity (Wildman–Crippen MR) is 131 cm³/mol. The van der Waals surface area contributed by atoms with E-state index < -0.39 is 41.8 Å². The van der Waals surface area contributed by atoms with Crippen molar-refractivity contribution in [2.24, 2.45) is 0 Å². The Bertz CT molecular complexity index is 569. The van der Waals surface area contributed by atoms with Crippen molar-refractivity contribution in [3.63, 3.8) is 0 Å². The zero-order chi connectivity index (χ0) is 25.5. The van der Waals surface area contributed by atoms with E-state index in [9.17, 15) is 18.3 Å². The lowest BCUT2D eigenvalue weighted by molar-refractivity contribution is -0.155. The van der Waals surface area contributed by atoms with Crippen molar-refractivity contribution in [2.45, 2.75) is 122 Å². The molecule has 2 unspecified atom stereocenters. The van der Waals surface area contributed by atoms with Gasteiger partial charge in [0.25, 0.3) is 0 Å². The van der Waals surface area contributed by atoms with Gasteiger partial charge in [-0.3, -0.25) is 9.35 Å². The standard InChI is InChI=1S/C24H48O9S/c1-2-3-4-5-6-7-8-9-10-11-12-13-14-15-16-17-24(27)33-23(21-32-34(28,29)30)20-31-19-22(26)18-25/h22-23,25-26H,2-21H2,1H3,(H,28,29,30). The van der Waals surface area contributed by atoms with Crippen molar-refractivity contribution in [3.05, 3.63) is 0 Å². The normalized spacial score (nSPS) is 13.6. The van der Waals surface area contributed by atoms with Crippen molar-refractivity contribution in [2.75, 3.05) is 26.4 Å². The van der Waals surface area contributed by atoms with Gasteiger partial charge in [-0.2, -0.15) is 8.42 Å². The van der Waals surface area contributed by atoms with E-state index in [-0.39, 0.29) is 19.6 Å². The maximum Gasteiger partial charge on any atom is 0.397 e. The molecule has 0 saturated heterocycles. The van der Waals surface area contributed by atoms with Crippen molar-refractivity contribution in [1.82, 2.24) is 0 Å². The van der Waals surface area contributed by atoms with Gasteiger partial charge in [0, 0.05) is 6.42 Å². The number of esters is 1. The number of ether oxygens (including phenoxy) is 2. The van der Waals surface area contributed by atoms with Crippen molar-refractivity contribution in [1.29, 1.82) is 0 Å². The number of aliphatic hydroxyl groups excluding tert-OH is 2. The topological polar surface area (TPSA) is 140 Å². The molecule has 0 fully saturated rings. The smallest absolute Gasteiger partial charge is 0.397 e. The fourth-order valence-electron chi connectivity index (χ4n) is 3.55. The monoisotopic (exact) mass is 512 g/mol. The highest BCUT2D eigenvalue weighted by Crippen LogP contribution is 2.14. The lowest BCUT2D eigenvalue weighted by Gasteiger charge is -2.18. The van der Waals surface area contributed by atoms with Crippen LogP contribution in [0.25, 0.3) is 0 Å². The van der Waals surface area contributed by atoms with Crippen LogP contribution in [-0.2, 0) is 28.9 Å². The molecule has 0 aromatic rings. The van der Waals surface area contributed by atoms with E-state index in [2.05, 4.69) is 11.1 Å². The highest BCUT2D eigenvalue weighted by molar-refractivity contribution is 7.80. The molecule has 3 N–H and O–H groups in total. The molecule has 204 valence electrons. The van der Waals surface area contributed by atoms with Gasteiger partial charge in [-0.05, 0) is 6.42 Å². The first-order chi connectivity index (χ1) is 16.3. The Labute approximate surface area is 206 Å². The Morgan fingerprint density at radius 1 is 0.765 bits per heavy atom. The molecule has 0 aliphatic rings. The maximum absolute atomic E-state index is 12.0. The summed E-state index contributed by atoms with van der Waals surface area (Å²) in [6.45, 7) is 0.698. The van der Waals surface area contributed by atoms with Crippen molar-refractivity contribution < 1.29 is 41.6 Å². The number of unbranched alkanes of at least 4 members (excludes halogenated alkanes) is 14. The third-order valence-corrected chi connectivity index (χ3v) is 5.94. The van der Waals surface area contributed by atoms with Crippen LogP contribution >= 0.6 is 0 Å². The third kappa shape index (κ3) is 24.3. The minimum atomic E-state index is -4.68. The van der Waals surface area contributed by atoms with Crippen molar-refractivity contribution >= 4 is 16.4 Å². The summed E-state index contributed by atoms with van der Waals surface area (Å²) < 4.78 is 44.8. The molecule has 0 heterocycles.